The minimum atomic E-state index is -3.64. The fraction of sp³-hybridized carbons (Fsp3) is 0.660. The number of carbonyl (C=O) groups excluding carboxylic acids is 6. The van der Waals surface area contributed by atoms with Crippen LogP contribution in [0.3, 0.4) is 0 Å². The van der Waals surface area contributed by atoms with Crippen LogP contribution >= 0.6 is 11.6 Å². The number of carbonyl (C=O) groups is 6. The maximum Gasteiger partial charge on any atom is 0.243 e. The van der Waals surface area contributed by atoms with E-state index in [4.69, 9.17) is 30.5 Å². The Morgan fingerprint density at radius 1 is 0.353 bits per heavy atom. The number of halogens is 1. The number of nitrogens with zero attached hydrogens (tertiary/aromatic N) is 5. The first-order valence-corrected chi connectivity index (χ1v) is 63.0. The van der Waals surface area contributed by atoms with Gasteiger partial charge in [-0.1, -0.05) is 17.7 Å². The van der Waals surface area contributed by atoms with Gasteiger partial charge in [-0.05, 0) is 354 Å². The lowest BCUT2D eigenvalue weighted by Gasteiger charge is -2.36. The molecule has 150 heavy (non-hydrogen) atoms. The first-order chi connectivity index (χ1) is 70.7. The Bertz CT molecular complexity index is 5790. The molecule has 0 radical (unpaired) electrons. The van der Waals surface area contributed by atoms with Gasteiger partial charge in [0.1, 0.15) is 0 Å². The van der Waals surface area contributed by atoms with Crippen LogP contribution in [0.5, 0.6) is 0 Å². The molecule has 10 N–H and O–H groups in total. The molecule has 8 aliphatic rings. The summed E-state index contributed by atoms with van der Waals surface area (Å²) in [6.45, 7) is 39.7. The van der Waals surface area contributed by atoms with Crippen molar-refractivity contribution in [2.75, 3.05) is 133 Å². The highest BCUT2D eigenvalue weighted by atomic mass is 35.5. The normalized spacial score (nSPS) is 23.8. The van der Waals surface area contributed by atoms with Crippen molar-refractivity contribution in [2.24, 2.45) is 29.6 Å². The van der Waals surface area contributed by atoms with E-state index >= 15 is 0 Å². The van der Waals surface area contributed by atoms with Crippen molar-refractivity contribution in [2.45, 2.75) is 332 Å². The van der Waals surface area contributed by atoms with Crippen molar-refractivity contribution in [3.05, 3.63) is 126 Å². The van der Waals surface area contributed by atoms with E-state index in [1.807, 2.05) is 105 Å². The second-order valence-corrected chi connectivity index (χ2v) is 55.8. The zero-order chi connectivity index (χ0) is 110. The van der Waals surface area contributed by atoms with Gasteiger partial charge in [0.25, 0.3) is 0 Å². The molecule has 842 valence electrons. The molecular formula is C106H168ClN15O22S6. The van der Waals surface area contributed by atoms with Crippen molar-refractivity contribution in [3.8, 4) is 0 Å². The third-order valence-corrected chi connectivity index (χ3v) is 40.1. The van der Waals surface area contributed by atoms with Crippen LogP contribution in [0, 0.1) is 29.6 Å². The first-order valence-electron chi connectivity index (χ1n) is 53.4. The lowest BCUT2D eigenvalue weighted by molar-refractivity contribution is -0.129. The zero-order valence-corrected chi connectivity index (χ0v) is 96.3. The molecule has 0 unspecified atom stereocenters. The lowest BCUT2D eigenvalue weighted by Crippen LogP contribution is -2.48. The molecule has 0 bridgehead atoms. The lowest BCUT2D eigenvalue weighted by atomic mass is 9.86. The molecule has 13 rings (SSSR count). The summed E-state index contributed by atoms with van der Waals surface area (Å²) in [5.41, 5.74) is 6.81. The standard InChI is InChI=1S/C24H41N3O5S.C22H34N4O4S.C22H35N3O6S2.C22H35N3O4S.C16H23ClN2O3S/c1-5-31-17-15-27(16-18-32-6-2)23-13-11-21(12-14-23)25-24(28)20-7-9-22(10-8-20)26-33(29,30)19(3)4;1-16(2)31(29,30)24-20-6-4-18(5-7-20)22(28)23-19-8-10-21(11-9-19)26-14-12-25(13-15-26)17(3)27;1-15(2)32(27,28)24-20-7-5-18(6-8-20)22(26)23-19-9-11-21(12-10-19)33(29,30)25-13-16(3)31-17(4)14-25;1-15(2)30(27,28)24-20-7-5-18(6-8-20)22(26)23-19-9-11-21(12-10-19)25-13-16(3)29-17(4)14-25;1-11(2)23(21,22)19-14-8-6-12(7-9-14)16(20)18-15-5-3-4-13(17)10-15/h11-14,19-20,22,26H,5-10,15-18H2,1-4H3,(H,25,28);8-11,16,18,20,24H,4-7,12-15H2,1-3H3,(H,23,28);9-12,15-18,20,24H,5-8,13-14H2,1-4H3,(H,23,26);9-12,15-18,20,24H,5-8,13-14H2,1-4H3,(H,23,26);3-5,10-12,14,19H,6-9H2,1-2H3,(H,18,20)/t;;16-,17+,18?,20?;16-,17-,18?,20?;/m...1./s1. The van der Waals surface area contributed by atoms with E-state index in [9.17, 15) is 79.3 Å². The van der Waals surface area contributed by atoms with Gasteiger partial charge in [-0.25, -0.2) is 74.1 Å². The molecule has 6 amide bonds. The molecule has 44 heteroatoms. The summed E-state index contributed by atoms with van der Waals surface area (Å²) >= 11 is 5.90. The maximum atomic E-state index is 13.0. The van der Waals surface area contributed by atoms with Crippen LogP contribution in [0.1, 0.15) is 246 Å². The van der Waals surface area contributed by atoms with Crippen LogP contribution in [0.2, 0.25) is 5.02 Å². The molecule has 5 aliphatic carbocycles. The van der Waals surface area contributed by atoms with Gasteiger partial charge in [0.05, 0.1) is 68.8 Å². The van der Waals surface area contributed by atoms with Gasteiger partial charge >= 0.3 is 0 Å². The van der Waals surface area contributed by atoms with Crippen molar-refractivity contribution in [3.63, 3.8) is 0 Å². The number of amides is 6. The zero-order valence-electron chi connectivity index (χ0n) is 90.6. The number of hydrogen-bond acceptors (Lipinski definition) is 25. The highest BCUT2D eigenvalue weighted by molar-refractivity contribution is 7.91. The Labute approximate surface area is 898 Å². The van der Waals surface area contributed by atoms with Gasteiger partial charge in [-0.2, -0.15) is 4.31 Å². The number of morpholine rings is 2. The fourth-order valence-electron chi connectivity index (χ4n) is 19.1. The van der Waals surface area contributed by atoms with Crippen LogP contribution in [-0.4, -0.2) is 268 Å². The average molecular weight is 2230 g/mol. The van der Waals surface area contributed by atoms with Gasteiger partial charge in [-0.15, -0.1) is 0 Å². The summed E-state index contributed by atoms with van der Waals surface area (Å²) in [4.78, 5) is 83.3. The number of piperazine rings is 1. The molecule has 3 saturated heterocycles. The minimum Gasteiger partial charge on any atom is -0.380 e. The number of nitrogens with one attached hydrogen (secondary N) is 10. The largest absolute Gasteiger partial charge is 0.380 e. The molecule has 5 aromatic carbocycles. The third-order valence-electron chi connectivity index (χ3n) is 28.5. The molecule has 37 nitrogen and oxygen atoms in total. The van der Waals surface area contributed by atoms with Crippen LogP contribution < -0.4 is 64.9 Å². The quantitative estimate of drug-likeness (QED) is 0.0164. The van der Waals surface area contributed by atoms with E-state index in [0.29, 0.717) is 184 Å². The van der Waals surface area contributed by atoms with Crippen molar-refractivity contribution < 1.29 is 98.2 Å². The van der Waals surface area contributed by atoms with Gasteiger partial charge in [-0.3, -0.25) is 28.8 Å². The second kappa shape index (κ2) is 59.2. The summed E-state index contributed by atoms with van der Waals surface area (Å²) in [6, 6.07) is 36.4. The highest BCUT2D eigenvalue weighted by Gasteiger charge is 2.39. The van der Waals surface area contributed by atoms with E-state index in [1.54, 1.807) is 113 Å². The molecule has 5 saturated carbocycles. The Hall–Kier alpha value is -8.09. The summed E-state index contributed by atoms with van der Waals surface area (Å²) in [5, 5.41) is 13.1. The van der Waals surface area contributed by atoms with Gasteiger partial charge in [0.2, 0.25) is 95.6 Å². The number of rotatable bonds is 38. The van der Waals surface area contributed by atoms with Crippen molar-refractivity contribution in [1.82, 2.24) is 32.8 Å². The predicted octanol–water partition coefficient (Wildman–Crippen LogP) is 14.2. The molecule has 4 atom stereocenters. The van der Waals surface area contributed by atoms with Crippen LogP contribution in [0.4, 0.5) is 45.5 Å². The summed E-state index contributed by atoms with van der Waals surface area (Å²) in [6.07, 6.45) is 13.4. The Balaban J connectivity index is 0.000000209. The Morgan fingerprint density at radius 3 is 0.893 bits per heavy atom. The predicted molar refractivity (Wildman–Crippen MR) is 596 cm³/mol. The fourth-order valence-corrected chi connectivity index (χ4v) is 25.8. The van der Waals surface area contributed by atoms with E-state index in [0.717, 1.165) is 86.5 Å². The first kappa shape index (κ1) is 125. The molecule has 3 aliphatic heterocycles. The highest BCUT2D eigenvalue weighted by Crippen LogP contribution is 2.36. The topological polar surface area (TPSA) is 481 Å². The van der Waals surface area contributed by atoms with Gasteiger partial charge in [0, 0.05) is 196 Å². The number of ether oxygens (including phenoxy) is 4. The van der Waals surface area contributed by atoms with E-state index in [2.05, 4.69) is 78.7 Å². The third kappa shape index (κ3) is 40.3. The molecule has 0 aromatic heterocycles. The molecule has 0 spiro atoms. The monoisotopic (exact) mass is 2230 g/mol. The van der Waals surface area contributed by atoms with E-state index < -0.39 is 86.4 Å². The smallest absolute Gasteiger partial charge is 0.243 e. The van der Waals surface area contributed by atoms with Crippen molar-refractivity contribution >= 4 is 153 Å². The number of benzene rings is 5. The number of anilines is 8. The van der Waals surface area contributed by atoms with Gasteiger partial charge < -0.3 is 65.1 Å². The average Bonchev–Trinajstić information content (AvgIpc) is 0.791. The maximum absolute atomic E-state index is 13.0. The minimum absolute atomic E-state index is 0.00235. The molecule has 3 heterocycles. The summed E-state index contributed by atoms with van der Waals surface area (Å²) in [7, 11) is -20.0. The van der Waals surface area contributed by atoms with E-state index in [-0.39, 0.29) is 125 Å². The van der Waals surface area contributed by atoms with Crippen molar-refractivity contribution in [1.29, 1.82) is 0 Å². The van der Waals surface area contributed by atoms with Crippen LogP contribution in [-0.2, 0) is 108 Å². The SMILES string of the molecule is CC(=O)N1CCN(c2ccc(NC(=O)C3CCC(NS(=O)(=O)C(C)C)CC3)cc2)CC1.CC(C)S(=O)(=O)NC1CCC(C(=O)Nc2ccc(N3C[C@@H](C)O[C@H](C)C3)cc2)CC1.CC(C)S(=O)(=O)NC1CCC(C(=O)Nc2ccc(S(=O)(=O)N3C[C@@H](C)O[C@@H](C)C3)cc2)CC1.CC(C)S(=O)(=O)NC1CCC(C(=O)Nc2cccc(Cl)c2)CC1.CCOCCN(CCOCC)c1ccc(NC(=O)C2CCC(NS(=O)(=O)C(C)C)CC2)cc1. The molecular weight excluding hydrogens is 2060 g/mol. The van der Waals surface area contributed by atoms with E-state index in [1.165, 1.54) is 16.4 Å². The number of sulfonamides is 6. The number of hydrogen-bond donors (Lipinski definition) is 10. The molecule has 8 fully saturated rings. The van der Waals surface area contributed by atoms with Crippen LogP contribution in [0.15, 0.2) is 126 Å². The Morgan fingerprint density at radius 2 is 0.620 bits per heavy atom. The summed E-state index contributed by atoms with van der Waals surface area (Å²) in [5.74, 6) is -0.610. The van der Waals surface area contributed by atoms with Gasteiger partial charge in [0.15, 0.2) is 0 Å². The van der Waals surface area contributed by atoms with Crippen LogP contribution in [0.25, 0.3) is 0 Å². The second-order valence-electron chi connectivity index (χ2n) is 42.0. The Kier molecular flexibility index (Phi) is 49.5. The summed E-state index contributed by atoms with van der Waals surface area (Å²) < 4.78 is 184. The molecule has 5 aromatic rings.